The van der Waals surface area contributed by atoms with Crippen molar-refractivity contribution in [2.45, 2.75) is 0 Å². The lowest BCUT2D eigenvalue weighted by Crippen LogP contribution is -1.83. The van der Waals surface area contributed by atoms with Crippen LogP contribution in [0.5, 0.6) is 0 Å². The minimum atomic E-state index is 1.20. The molecule has 0 saturated carbocycles. The molecule has 0 saturated heterocycles. The van der Waals surface area contributed by atoms with E-state index in [9.17, 15) is 0 Å². The summed E-state index contributed by atoms with van der Waals surface area (Å²) in [5, 5.41) is 0. The highest BCUT2D eigenvalue weighted by molar-refractivity contribution is 5.81. The summed E-state index contributed by atoms with van der Waals surface area (Å²) in [4.78, 5) is 0. The van der Waals surface area contributed by atoms with Gasteiger partial charge in [0.05, 0.1) is 0 Å². The molecule has 0 N–H and O–H groups in total. The second kappa shape index (κ2) is 8.83. The summed E-state index contributed by atoms with van der Waals surface area (Å²) in [5.41, 5.74) is 7.31. The molecule has 28 heavy (non-hydrogen) atoms. The summed E-state index contributed by atoms with van der Waals surface area (Å²) in [7, 11) is 0. The maximum Gasteiger partial charge on any atom is -0.0111 e. The summed E-state index contributed by atoms with van der Waals surface area (Å²) in [6.07, 6.45) is 8.65. The van der Waals surface area contributed by atoms with Gasteiger partial charge in [0.1, 0.15) is 0 Å². The van der Waals surface area contributed by atoms with Crippen LogP contribution in [0.1, 0.15) is 22.3 Å². The standard InChI is InChI=1S/C28H22/c1-3-9-23(10-4-1)15-16-25-18-21-27(22-19-25)28-14-8-7-13-26(28)20-17-24-11-5-2-6-12-24/h1-22H. The first kappa shape index (κ1) is 17.8. The molecule has 0 unspecified atom stereocenters. The van der Waals surface area contributed by atoms with E-state index >= 15 is 0 Å². The minimum absolute atomic E-state index is 1.20. The fourth-order valence-corrected chi connectivity index (χ4v) is 3.19. The molecule has 0 atom stereocenters. The molecule has 0 aliphatic rings. The first-order valence-corrected chi connectivity index (χ1v) is 9.54. The predicted octanol–water partition coefficient (Wildman–Crippen LogP) is 7.69. The largest absolute Gasteiger partial charge is 0.0622 e. The van der Waals surface area contributed by atoms with Crippen LogP contribution in [-0.4, -0.2) is 0 Å². The van der Waals surface area contributed by atoms with E-state index in [1.54, 1.807) is 0 Å². The lowest BCUT2D eigenvalue weighted by Gasteiger charge is -2.07. The number of hydrogen-bond donors (Lipinski definition) is 0. The Bertz CT molecular complexity index is 1070. The van der Waals surface area contributed by atoms with E-state index in [1.807, 2.05) is 12.1 Å². The molecule has 0 aliphatic heterocycles. The van der Waals surface area contributed by atoms with Gasteiger partial charge in [-0.05, 0) is 33.4 Å². The van der Waals surface area contributed by atoms with Crippen LogP contribution in [0, 0.1) is 0 Å². The van der Waals surface area contributed by atoms with Crippen molar-refractivity contribution in [2.24, 2.45) is 0 Å². The van der Waals surface area contributed by atoms with E-state index in [2.05, 4.69) is 121 Å². The summed E-state index contributed by atoms with van der Waals surface area (Å²) < 4.78 is 0. The van der Waals surface area contributed by atoms with Gasteiger partial charge in [0.15, 0.2) is 0 Å². The third-order valence-electron chi connectivity index (χ3n) is 4.71. The SMILES string of the molecule is C(=Cc1ccc(-c2ccccc2C=Cc2ccccc2)cc1)c1ccccc1. The Kier molecular flexibility index (Phi) is 5.60. The van der Waals surface area contributed by atoms with Crippen molar-refractivity contribution in [1.82, 2.24) is 0 Å². The van der Waals surface area contributed by atoms with Crippen molar-refractivity contribution in [3.05, 3.63) is 131 Å². The van der Waals surface area contributed by atoms with Crippen molar-refractivity contribution < 1.29 is 0 Å². The zero-order valence-corrected chi connectivity index (χ0v) is 15.7. The second-order valence-corrected chi connectivity index (χ2v) is 6.70. The molecule has 4 aromatic rings. The normalized spacial score (nSPS) is 11.3. The van der Waals surface area contributed by atoms with Gasteiger partial charge >= 0.3 is 0 Å². The molecule has 134 valence electrons. The van der Waals surface area contributed by atoms with Crippen LogP contribution in [0.15, 0.2) is 109 Å². The summed E-state index contributed by atoms with van der Waals surface area (Å²) in [5.74, 6) is 0. The van der Waals surface area contributed by atoms with Gasteiger partial charge in [-0.15, -0.1) is 0 Å². The monoisotopic (exact) mass is 358 g/mol. The molecule has 4 aromatic carbocycles. The van der Waals surface area contributed by atoms with E-state index in [1.165, 1.54) is 33.4 Å². The lowest BCUT2D eigenvalue weighted by molar-refractivity contribution is 1.58. The van der Waals surface area contributed by atoms with Crippen LogP contribution in [0.25, 0.3) is 35.4 Å². The van der Waals surface area contributed by atoms with Crippen LogP contribution >= 0.6 is 0 Å². The van der Waals surface area contributed by atoms with E-state index in [-0.39, 0.29) is 0 Å². The highest BCUT2D eigenvalue weighted by Gasteiger charge is 2.02. The van der Waals surface area contributed by atoms with Gasteiger partial charge in [0.2, 0.25) is 0 Å². The molecule has 4 rings (SSSR count). The molecule has 0 spiro atoms. The Balaban J connectivity index is 1.56. The number of hydrogen-bond acceptors (Lipinski definition) is 0. The van der Waals surface area contributed by atoms with Crippen LogP contribution in [-0.2, 0) is 0 Å². The predicted molar refractivity (Wildman–Crippen MR) is 123 cm³/mol. The van der Waals surface area contributed by atoms with Crippen molar-refractivity contribution >= 4 is 24.3 Å². The highest BCUT2D eigenvalue weighted by atomic mass is 14.1. The van der Waals surface area contributed by atoms with Gasteiger partial charge in [-0.2, -0.15) is 0 Å². The Morgan fingerprint density at radius 2 is 0.821 bits per heavy atom. The average molecular weight is 358 g/mol. The molecule has 0 amide bonds. The van der Waals surface area contributed by atoms with Crippen molar-refractivity contribution in [3.8, 4) is 11.1 Å². The van der Waals surface area contributed by atoms with Crippen LogP contribution < -0.4 is 0 Å². The average Bonchev–Trinajstić information content (AvgIpc) is 2.78. The molecule has 0 aliphatic carbocycles. The van der Waals surface area contributed by atoms with Crippen molar-refractivity contribution in [3.63, 3.8) is 0 Å². The van der Waals surface area contributed by atoms with E-state index in [4.69, 9.17) is 0 Å². The van der Waals surface area contributed by atoms with E-state index in [0.29, 0.717) is 0 Å². The fourth-order valence-electron chi connectivity index (χ4n) is 3.19. The van der Waals surface area contributed by atoms with Crippen LogP contribution in [0.4, 0.5) is 0 Å². The summed E-state index contributed by atoms with van der Waals surface area (Å²) in [6.45, 7) is 0. The van der Waals surface area contributed by atoms with Crippen LogP contribution in [0.2, 0.25) is 0 Å². The molecule has 0 nitrogen and oxygen atoms in total. The molecular formula is C28H22. The highest BCUT2D eigenvalue weighted by Crippen LogP contribution is 2.26. The zero-order valence-electron chi connectivity index (χ0n) is 15.7. The zero-order chi connectivity index (χ0) is 19.0. The molecule has 0 bridgehead atoms. The molecule has 0 radical (unpaired) electrons. The van der Waals surface area contributed by atoms with E-state index in [0.717, 1.165) is 0 Å². The third kappa shape index (κ3) is 4.55. The van der Waals surface area contributed by atoms with Gasteiger partial charge in [-0.25, -0.2) is 0 Å². The Labute approximate surface area is 167 Å². The summed E-state index contributed by atoms with van der Waals surface area (Å²) >= 11 is 0. The first-order chi connectivity index (χ1) is 13.9. The Morgan fingerprint density at radius 3 is 1.43 bits per heavy atom. The van der Waals surface area contributed by atoms with Gasteiger partial charge in [-0.1, -0.05) is 133 Å². The van der Waals surface area contributed by atoms with E-state index < -0.39 is 0 Å². The number of rotatable bonds is 5. The quantitative estimate of drug-likeness (QED) is 0.321. The maximum atomic E-state index is 2.19. The molecule has 0 heterocycles. The Hall–Kier alpha value is -3.64. The topological polar surface area (TPSA) is 0 Å². The van der Waals surface area contributed by atoms with Gasteiger partial charge in [0.25, 0.3) is 0 Å². The maximum absolute atomic E-state index is 2.19. The third-order valence-corrected chi connectivity index (χ3v) is 4.71. The Morgan fingerprint density at radius 1 is 0.357 bits per heavy atom. The summed E-state index contributed by atoms with van der Waals surface area (Å²) in [6, 6.07) is 38.0. The van der Waals surface area contributed by atoms with Gasteiger partial charge in [0, 0.05) is 0 Å². The lowest BCUT2D eigenvalue weighted by atomic mass is 9.98. The fraction of sp³-hybridized carbons (Fsp3) is 0. The van der Waals surface area contributed by atoms with Crippen molar-refractivity contribution in [1.29, 1.82) is 0 Å². The van der Waals surface area contributed by atoms with Crippen molar-refractivity contribution in [2.75, 3.05) is 0 Å². The molecule has 0 fully saturated rings. The first-order valence-electron chi connectivity index (χ1n) is 9.54. The molecule has 0 aromatic heterocycles. The molecular weight excluding hydrogens is 336 g/mol. The minimum Gasteiger partial charge on any atom is -0.0622 e. The second-order valence-electron chi connectivity index (χ2n) is 6.70. The molecule has 0 heteroatoms. The number of benzene rings is 4. The van der Waals surface area contributed by atoms with Gasteiger partial charge in [-0.3, -0.25) is 0 Å². The van der Waals surface area contributed by atoms with Gasteiger partial charge < -0.3 is 0 Å². The smallest absolute Gasteiger partial charge is 0.0111 e. The van der Waals surface area contributed by atoms with Crippen LogP contribution in [0.3, 0.4) is 0 Å².